The smallest absolute Gasteiger partial charge is 0.338 e. The Bertz CT molecular complexity index is 641. The first kappa shape index (κ1) is 15.8. The Kier molecular flexibility index (Phi) is 4.73. The molecule has 0 unspecified atom stereocenters. The summed E-state index contributed by atoms with van der Waals surface area (Å²) >= 11 is 8.96. The van der Waals surface area contributed by atoms with E-state index in [2.05, 4.69) is 15.9 Å². The molecule has 110 valence electrons. The minimum Gasteiger partial charge on any atom is -0.459 e. The van der Waals surface area contributed by atoms with E-state index in [0.29, 0.717) is 0 Å². The third-order valence-electron chi connectivity index (χ3n) is 3.11. The summed E-state index contributed by atoms with van der Waals surface area (Å²) in [6.45, 7) is 0. The van der Waals surface area contributed by atoms with Crippen LogP contribution in [0.25, 0.3) is 0 Å². The summed E-state index contributed by atoms with van der Waals surface area (Å²) in [6, 6.07) is 2.53. The molecule has 20 heavy (non-hydrogen) atoms. The van der Waals surface area contributed by atoms with Crippen molar-refractivity contribution in [3.05, 3.63) is 27.2 Å². The van der Waals surface area contributed by atoms with Crippen molar-refractivity contribution in [2.24, 2.45) is 5.14 Å². The van der Waals surface area contributed by atoms with Crippen LogP contribution in [0.5, 0.6) is 0 Å². The van der Waals surface area contributed by atoms with Crippen molar-refractivity contribution >= 4 is 43.5 Å². The van der Waals surface area contributed by atoms with E-state index in [4.69, 9.17) is 21.5 Å². The zero-order valence-corrected chi connectivity index (χ0v) is 13.6. The van der Waals surface area contributed by atoms with Gasteiger partial charge in [0.2, 0.25) is 10.0 Å². The standard InChI is InChI=1S/C12H13BrClNO4S/c13-11-9(14)5-7(6-10(11)20(15,17)18)12(16)19-8-3-1-2-4-8/h5-6,8H,1-4H2,(H2,15,17,18). The highest BCUT2D eigenvalue weighted by Gasteiger charge is 2.23. The summed E-state index contributed by atoms with van der Waals surface area (Å²) in [4.78, 5) is 11.8. The quantitative estimate of drug-likeness (QED) is 0.814. The van der Waals surface area contributed by atoms with Crippen LogP contribution < -0.4 is 5.14 Å². The van der Waals surface area contributed by atoms with E-state index in [-0.39, 0.29) is 26.1 Å². The fourth-order valence-corrected chi connectivity index (χ4v) is 3.95. The van der Waals surface area contributed by atoms with E-state index >= 15 is 0 Å². The Labute approximate surface area is 130 Å². The highest BCUT2D eigenvalue weighted by Crippen LogP contribution is 2.31. The van der Waals surface area contributed by atoms with Crippen LogP contribution in [0, 0.1) is 0 Å². The molecular weight excluding hydrogens is 370 g/mol. The summed E-state index contributed by atoms with van der Waals surface area (Å²) in [5.41, 5.74) is 0.0779. The second-order valence-corrected chi connectivity index (χ2v) is 7.36. The molecule has 0 amide bonds. The second kappa shape index (κ2) is 6.01. The lowest BCUT2D eigenvalue weighted by molar-refractivity contribution is 0.0317. The van der Waals surface area contributed by atoms with Crippen LogP contribution in [0.3, 0.4) is 0 Å². The Morgan fingerprint density at radius 1 is 1.35 bits per heavy atom. The summed E-state index contributed by atoms with van der Waals surface area (Å²) in [7, 11) is -3.98. The lowest BCUT2D eigenvalue weighted by Gasteiger charge is -2.12. The van der Waals surface area contributed by atoms with Crippen LogP contribution in [-0.2, 0) is 14.8 Å². The van der Waals surface area contributed by atoms with Gasteiger partial charge in [-0.3, -0.25) is 0 Å². The van der Waals surface area contributed by atoms with Gasteiger partial charge in [0.25, 0.3) is 0 Å². The van der Waals surface area contributed by atoms with Crippen molar-refractivity contribution in [2.45, 2.75) is 36.7 Å². The number of hydrogen-bond donors (Lipinski definition) is 1. The largest absolute Gasteiger partial charge is 0.459 e. The maximum Gasteiger partial charge on any atom is 0.338 e. The SMILES string of the molecule is NS(=O)(=O)c1cc(C(=O)OC2CCCC2)cc(Cl)c1Br. The van der Waals surface area contributed by atoms with Crippen LogP contribution in [0.4, 0.5) is 0 Å². The number of sulfonamides is 1. The molecule has 1 aromatic carbocycles. The maximum atomic E-state index is 12.0. The van der Waals surface area contributed by atoms with Crippen LogP contribution >= 0.6 is 27.5 Å². The van der Waals surface area contributed by atoms with Crippen molar-refractivity contribution in [1.29, 1.82) is 0 Å². The number of rotatable bonds is 3. The zero-order chi connectivity index (χ0) is 14.9. The van der Waals surface area contributed by atoms with Gasteiger partial charge < -0.3 is 4.74 Å². The molecule has 8 heteroatoms. The minimum absolute atomic E-state index is 0.0779. The van der Waals surface area contributed by atoms with Crippen LogP contribution in [-0.4, -0.2) is 20.5 Å². The molecule has 1 aliphatic rings. The Morgan fingerprint density at radius 3 is 2.50 bits per heavy atom. The first-order valence-corrected chi connectivity index (χ1v) is 8.73. The van der Waals surface area contributed by atoms with Gasteiger partial charge in [0.05, 0.1) is 20.0 Å². The van der Waals surface area contributed by atoms with Gasteiger partial charge in [-0.1, -0.05) is 11.6 Å². The van der Waals surface area contributed by atoms with Gasteiger partial charge in [-0.15, -0.1) is 0 Å². The molecule has 0 atom stereocenters. The number of esters is 1. The van der Waals surface area contributed by atoms with Gasteiger partial charge in [0, 0.05) is 0 Å². The molecule has 0 bridgehead atoms. The predicted molar refractivity (Wildman–Crippen MR) is 78.2 cm³/mol. The summed E-state index contributed by atoms with van der Waals surface area (Å²) < 4.78 is 28.4. The molecule has 1 fully saturated rings. The summed E-state index contributed by atoms with van der Waals surface area (Å²) in [5, 5.41) is 5.18. The average molecular weight is 383 g/mol. The van der Waals surface area contributed by atoms with Gasteiger partial charge >= 0.3 is 5.97 Å². The van der Waals surface area contributed by atoms with Crippen LogP contribution in [0.15, 0.2) is 21.5 Å². The normalized spacial score (nSPS) is 16.4. The molecule has 1 saturated carbocycles. The number of nitrogens with two attached hydrogens (primary N) is 1. The molecular formula is C12H13BrClNO4S. The third-order valence-corrected chi connectivity index (χ3v) is 5.69. The molecule has 0 aromatic heterocycles. The minimum atomic E-state index is -3.98. The number of carbonyl (C=O) groups excluding carboxylic acids is 1. The van der Waals surface area contributed by atoms with Crippen LogP contribution in [0.2, 0.25) is 5.02 Å². The molecule has 0 aliphatic heterocycles. The van der Waals surface area contributed by atoms with Gasteiger partial charge in [-0.05, 0) is 53.7 Å². The van der Waals surface area contributed by atoms with E-state index in [0.717, 1.165) is 25.7 Å². The Hall–Kier alpha value is -0.630. The van der Waals surface area contributed by atoms with E-state index in [9.17, 15) is 13.2 Å². The third kappa shape index (κ3) is 3.52. The van der Waals surface area contributed by atoms with Gasteiger partial charge in [0.15, 0.2) is 0 Å². The summed E-state index contributed by atoms with van der Waals surface area (Å²) in [6.07, 6.45) is 3.61. The number of carbonyl (C=O) groups is 1. The van der Waals surface area contributed by atoms with Gasteiger partial charge in [0.1, 0.15) is 6.10 Å². The fourth-order valence-electron chi connectivity index (χ4n) is 2.11. The second-order valence-electron chi connectivity index (χ2n) is 4.63. The van der Waals surface area contributed by atoms with Crippen molar-refractivity contribution in [3.63, 3.8) is 0 Å². The van der Waals surface area contributed by atoms with E-state index < -0.39 is 16.0 Å². The fraction of sp³-hybridized carbons (Fsp3) is 0.417. The molecule has 0 spiro atoms. The predicted octanol–water partition coefficient (Wildman–Crippen LogP) is 2.85. The molecule has 0 heterocycles. The van der Waals surface area contributed by atoms with Gasteiger partial charge in [-0.25, -0.2) is 18.4 Å². The Balaban J connectivity index is 2.32. The van der Waals surface area contributed by atoms with E-state index in [1.165, 1.54) is 12.1 Å². The van der Waals surface area contributed by atoms with Crippen molar-refractivity contribution in [3.8, 4) is 0 Å². The number of ether oxygens (including phenoxy) is 1. The van der Waals surface area contributed by atoms with Gasteiger partial charge in [-0.2, -0.15) is 0 Å². The highest BCUT2D eigenvalue weighted by atomic mass is 79.9. The number of primary sulfonamides is 1. The maximum absolute atomic E-state index is 12.0. The lowest BCUT2D eigenvalue weighted by Crippen LogP contribution is -2.17. The number of halogens is 2. The van der Waals surface area contributed by atoms with Crippen molar-refractivity contribution in [2.75, 3.05) is 0 Å². The van der Waals surface area contributed by atoms with E-state index in [1.807, 2.05) is 0 Å². The molecule has 2 rings (SSSR count). The van der Waals surface area contributed by atoms with Crippen LogP contribution in [0.1, 0.15) is 36.0 Å². The lowest BCUT2D eigenvalue weighted by atomic mass is 10.2. The molecule has 5 nitrogen and oxygen atoms in total. The first-order valence-electron chi connectivity index (χ1n) is 6.02. The molecule has 1 aromatic rings. The monoisotopic (exact) mass is 381 g/mol. The number of hydrogen-bond acceptors (Lipinski definition) is 4. The topological polar surface area (TPSA) is 86.5 Å². The molecule has 1 aliphatic carbocycles. The zero-order valence-electron chi connectivity index (χ0n) is 10.4. The average Bonchev–Trinajstić information content (AvgIpc) is 2.83. The Morgan fingerprint density at radius 2 is 1.95 bits per heavy atom. The molecule has 0 saturated heterocycles. The first-order chi connectivity index (χ1) is 9.29. The summed E-state index contributed by atoms with van der Waals surface area (Å²) in [5.74, 6) is -0.587. The number of benzene rings is 1. The molecule has 0 radical (unpaired) electrons. The molecule has 2 N–H and O–H groups in total. The van der Waals surface area contributed by atoms with Crippen molar-refractivity contribution < 1.29 is 17.9 Å². The highest BCUT2D eigenvalue weighted by molar-refractivity contribution is 9.10. The van der Waals surface area contributed by atoms with Crippen molar-refractivity contribution in [1.82, 2.24) is 0 Å². The van der Waals surface area contributed by atoms with E-state index in [1.54, 1.807) is 0 Å².